The fraction of sp³-hybridized carbons (Fsp3) is 0.364. The molecule has 0 atom stereocenters. The molecule has 0 aliphatic rings. The number of aryl methyl sites for hydroxylation is 2. The van der Waals surface area contributed by atoms with Crippen LogP contribution in [0.2, 0.25) is 0 Å². The van der Waals surface area contributed by atoms with Crippen molar-refractivity contribution in [3.8, 4) is 12.1 Å². The lowest BCUT2D eigenvalue weighted by molar-refractivity contribution is 0.806. The van der Waals surface area contributed by atoms with Gasteiger partial charge in [-0.2, -0.15) is 10.5 Å². The van der Waals surface area contributed by atoms with Crippen LogP contribution in [-0.4, -0.2) is 0 Å². The first-order valence-electron chi connectivity index (χ1n) is 8.52. The van der Waals surface area contributed by atoms with Crippen molar-refractivity contribution in [1.29, 1.82) is 10.5 Å². The van der Waals surface area contributed by atoms with Gasteiger partial charge < -0.3 is 0 Å². The van der Waals surface area contributed by atoms with E-state index >= 15 is 0 Å². The number of hydrogen-bond acceptors (Lipinski definition) is 2. The Morgan fingerprint density at radius 2 is 1.08 bits per heavy atom. The van der Waals surface area contributed by atoms with Crippen molar-refractivity contribution in [3.05, 3.63) is 69.8 Å². The van der Waals surface area contributed by atoms with Crippen molar-refractivity contribution >= 4 is 0 Å². The minimum Gasteiger partial charge on any atom is -0.192 e. The maximum atomic E-state index is 9.11. The van der Waals surface area contributed by atoms with Gasteiger partial charge in [-0.1, -0.05) is 39.8 Å². The Kier molecular flexibility index (Phi) is 5.78. The zero-order valence-corrected chi connectivity index (χ0v) is 14.9. The fourth-order valence-electron chi connectivity index (χ4n) is 3.13. The van der Waals surface area contributed by atoms with Gasteiger partial charge in [-0.25, -0.2) is 0 Å². The van der Waals surface area contributed by atoms with E-state index in [0.29, 0.717) is 11.8 Å². The Balaban J connectivity index is 2.29. The number of hydrogen-bond donors (Lipinski definition) is 0. The molecule has 2 aromatic rings. The summed E-state index contributed by atoms with van der Waals surface area (Å²) >= 11 is 0. The van der Waals surface area contributed by atoms with Gasteiger partial charge in [0.25, 0.3) is 0 Å². The molecule has 0 spiro atoms. The van der Waals surface area contributed by atoms with Gasteiger partial charge in [0.2, 0.25) is 0 Å². The van der Waals surface area contributed by atoms with E-state index in [4.69, 9.17) is 10.5 Å². The van der Waals surface area contributed by atoms with Crippen LogP contribution < -0.4 is 0 Å². The normalized spacial score (nSPS) is 10.7. The lowest BCUT2D eigenvalue weighted by Crippen LogP contribution is -2.03. The zero-order valence-electron chi connectivity index (χ0n) is 14.9. The number of nitrogens with zero attached hydrogens (tertiary/aromatic N) is 2. The van der Waals surface area contributed by atoms with Crippen LogP contribution in [0.3, 0.4) is 0 Å². The highest BCUT2D eigenvalue weighted by Gasteiger charge is 2.11. The molecule has 0 unspecified atom stereocenters. The molecule has 0 bridgehead atoms. The van der Waals surface area contributed by atoms with Gasteiger partial charge in [-0.05, 0) is 71.2 Å². The lowest BCUT2D eigenvalue weighted by Gasteiger charge is -2.16. The van der Waals surface area contributed by atoms with Gasteiger partial charge in [-0.3, -0.25) is 0 Å². The van der Waals surface area contributed by atoms with E-state index in [2.05, 4.69) is 52.0 Å². The van der Waals surface area contributed by atoms with Gasteiger partial charge in [-0.15, -0.1) is 0 Å². The monoisotopic (exact) mass is 316 g/mol. The molecule has 2 aromatic carbocycles. The van der Waals surface area contributed by atoms with Crippen molar-refractivity contribution in [3.63, 3.8) is 0 Å². The third-order valence-corrected chi connectivity index (χ3v) is 4.46. The lowest BCUT2D eigenvalue weighted by atomic mass is 9.88. The summed E-state index contributed by atoms with van der Waals surface area (Å²) in [7, 11) is 0. The average Bonchev–Trinajstić information content (AvgIpc) is 2.59. The first-order chi connectivity index (χ1) is 11.5. The summed E-state index contributed by atoms with van der Waals surface area (Å²) in [5.41, 5.74) is 6.58. The molecule has 2 nitrogen and oxygen atoms in total. The van der Waals surface area contributed by atoms with Crippen LogP contribution in [-0.2, 0) is 12.8 Å². The summed E-state index contributed by atoms with van der Waals surface area (Å²) < 4.78 is 0. The highest BCUT2D eigenvalue weighted by Crippen LogP contribution is 2.26. The molecule has 0 fully saturated rings. The number of rotatable bonds is 5. The molecule has 0 radical (unpaired) electrons. The summed E-state index contributed by atoms with van der Waals surface area (Å²) in [5, 5.41) is 18.2. The van der Waals surface area contributed by atoms with Crippen molar-refractivity contribution < 1.29 is 0 Å². The van der Waals surface area contributed by atoms with Crippen LogP contribution in [0.1, 0.15) is 72.9 Å². The van der Waals surface area contributed by atoms with Gasteiger partial charge in [0.1, 0.15) is 0 Å². The van der Waals surface area contributed by atoms with Gasteiger partial charge in [0, 0.05) is 0 Å². The van der Waals surface area contributed by atoms with E-state index < -0.39 is 0 Å². The van der Waals surface area contributed by atoms with Crippen LogP contribution in [0.5, 0.6) is 0 Å². The van der Waals surface area contributed by atoms with E-state index in [-0.39, 0.29) is 0 Å². The second-order valence-corrected chi connectivity index (χ2v) is 6.86. The molecule has 0 aliphatic heterocycles. The van der Waals surface area contributed by atoms with Crippen LogP contribution in [0, 0.1) is 22.7 Å². The first kappa shape index (κ1) is 17.8. The second kappa shape index (κ2) is 7.80. The highest BCUT2D eigenvalue weighted by atomic mass is 14.2. The van der Waals surface area contributed by atoms with E-state index in [1.54, 1.807) is 0 Å². The van der Waals surface area contributed by atoms with Crippen molar-refractivity contribution in [2.45, 2.75) is 52.4 Å². The third-order valence-electron chi connectivity index (χ3n) is 4.46. The number of nitriles is 2. The summed E-state index contributed by atoms with van der Waals surface area (Å²) in [6.07, 6.45) is 1.90. The molecule has 0 aromatic heterocycles. The minimum absolute atomic E-state index is 0.402. The molecule has 0 aliphatic carbocycles. The molecule has 2 heteroatoms. The molecular weight excluding hydrogens is 292 g/mol. The summed E-state index contributed by atoms with van der Waals surface area (Å²) in [6.45, 7) is 8.67. The van der Waals surface area contributed by atoms with E-state index in [9.17, 15) is 0 Å². The van der Waals surface area contributed by atoms with Crippen LogP contribution in [0.15, 0.2) is 36.4 Å². The molecule has 122 valence electrons. The van der Waals surface area contributed by atoms with Crippen LogP contribution >= 0.6 is 0 Å². The Morgan fingerprint density at radius 3 is 1.38 bits per heavy atom. The SMILES string of the molecule is CC(C)c1cc(C#N)ccc1CCc1ccc(C#N)cc1C(C)C. The summed E-state index contributed by atoms with van der Waals surface area (Å²) in [6, 6.07) is 16.5. The average molecular weight is 316 g/mol. The maximum Gasteiger partial charge on any atom is 0.0991 e. The first-order valence-corrected chi connectivity index (χ1v) is 8.52. The third kappa shape index (κ3) is 4.03. The van der Waals surface area contributed by atoms with Crippen molar-refractivity contribution in [1.82, 2.24) is 0 Å². The quantitative estimate of drug-likeness (QED) is 0.735. The molecule has 0 saturated heterocycles. The van der Waals surface area contributed by atoms with Gasteiger partial charge >= 0.3 is 0 Å². The molecule has 0 N–H and O–H groups in total. The summed E-state index contributed by atoms with van der Waals surface area (Å²) in [4.78, 5) is 0. The van der Waals surface area contributed by atoms with Gasteiger partial charge in [0.15, 0.2) is 0 Å². The predicted octanol–water partition coefficient (Wildman–Crippen LogP) is 5.46. The van der Waals surface area contributed by atoms with Crippen LogP contribution in [0.25, 0.3) is 0 Å². The summed E-state index contributed by atoms with van der Waals surface area (Å²) in [5.74, 6) is 0.803. The number of benzene rings is 2. The molecule has 0 heterocycles. The Labute approximate surface area is 145 Å². The topological polar surface area (TPSA) is 47.6 Å². The van der Waals surface area contributed by atoms with Crippen molar-refractivity contribution in [2.24, 2.45) is 0 Å². The largest absolute Gasteiger partial charge is 0.192 e. The predicted molar refractivity (Wildman–Crippen MR) is 97.9 cm³/mol. The second-order valence-electron chi connectivity index (χ2n) is 6.86. The van der Waals surface area contributed by atoms with Crippen LogP contribution in [0.4, 0.5) is 0 Å². The van der Waals surface area contributed by atoms with E-state index in [1.807, 2.05) is 24.3 Å². The fourth-order valence-corrected chi connectivity index (χ4v) is 3.13. The Hall–Kier alpha value is -2.58. The van der Waals surface area contributed by atoms with Crippen molar-refractivity contribution in [2.75, 3.05) is 0 Å². The molecule has 2 rings (SSSR count). The molecule has 0 amide bonds. The molecular formula is C22H24N2. The molecule has 0 saturated carbocycles. The maximum absolute atomic E-state index is 9.11. The zero-order chi connectivity index (χ0) is 17.7. The minimum atomic E-state index is 0.402. The van der Waals surface area contributed by atoms with Gasteiger partial charge in [0.05, 0.1) is 23.3 Å². The Morgan fingerprint density at radius 1 is 0.708 bits per heavy atom. The molecule has 24 heavy (non-hydrogen) atoms. The Bertz CT molecular complexity index is 732. The van der Waals surface area contributed by atoms with E-state index in [1.165, 1.54) is 22.3 Å². The standard InChI is InChI=1S/C22H24N2/c1-15(2)21-11-17(13-23)5-7-19(21)9-10-20-8-6-18(14-24)12-22(20)16(3)4/h5-8,11-12,15-16H,9-10H2,1-4H3. The highest BCUT2D eigenvalue weighted by molar-refractivity contribution is 5.42. The van der Waals surface area contributed by atoms with E-state index in [0.717, 1.165) is 24.0 Å². The smallest absolute Gasteiger partial charge is 0.0991 e.